The molecule has 3 rings (SSSR count). The molecule has 1 N–H and O–H groups in total. The van der Waals surface area contributed by atoms with Crippen molar-refractivity contribution >= 4 is 11.9 Å². The number of oxazole rings is 1. The number of hydrogen-bond donors (Lipinski definition) is 1. The van der Waals surface area contributed by atoms with E-state index in [1.165, 1.54) is 18.4 Å². The summed E-state index contributed by atoms with van der Waals surface area (Å²) < 4.78 is 18.6. The van der Waals surface area contributed by atoms with Gasteiger partial charge in [-0.1, -0.05) is 19.9 Å². The molecule has 7 heteroatoms. The van der Waals surface area contributed by atoms with Gasteiger partial charge in [-0.05, 0) is 30.5 Å². The minimum absolute atomic E-state index is 0.0259. The van der Waals surface area contributed by atoms with E-state index in [-0.39, 0.29) is 18.3 Å². The van der Waals surface area contributed by atoms with Crippen LogP contribution < -0.4 is 5.32 Å². The van der Waals surface area contributed by atoms with Crippen molar-refractivity contribution in [3.8, 4) is 11.5 Å². The molecule has 0 bridgehead atoms. The summed E-state index contributed by atoms with van der Waals surface area (Å²) in [6, 6.07) is 4.94. The van der Waals surface area contributed by atoms with Crippen molar-refractivity contribution in [2.24, 2.45) is 5.92 Å². The minimum atomic E-state index is -0.493. The van der Waals surface area contributed by atoms with Crippen LogP contribution in [0.1, 0.15) is 26.0 Å². The molecule has 1 unspecified atom stereocenters. The molecule has 1 fully saturated rings. The fourth-order valence-electron chi connectivity index (χ4n) is 2.65. The van der Waals surface area contributed by atoms with Crippen molar-refractivity contribution in [3.63, 3.8) is 0 Å². The Bertz CT molecular complexity index is 772. The monoisotopic (exact) mass is 331 g/mol. The molecule has 0 saturated carbocycles. The third-order valence-electron chi connectivity index (χ3n) is 3.76. The maximum atomic E-state index is 13.3. The summed E-state index contributed by atoms with van der Waals surface area (Å²) in [5, 5.41) is 2.68. The number of amides is 3. The number of carbonyl (C=O) groups excluding carboxylic acids is 2. The number of imide groups is 1. The molecule has 0 radical (unpaired) electrons. The number of carbonyl (C=O) groups is 2. The highest BCUT2D eigenvalue weighted by atomic mass is 19.1. The van der Waals surface area contributed by atoms with Crippen molar-refractivity contribution in [2.75, 3.05) is 0 Å². The van der Waals surface area contributed by atoms with Gasteiger partial charge in [-0.2, -0.15) is 0 Å². The lowest BCUT2D eigenvalue weighted by Gasteiger charge is -2.12. The van der Waals surface area contributed by atoms with Gasteiger partial charge < -0.3 is 9.73 Å². The molecule has 2 heterocycles. The van der Waals surface area contributed by atoms with Gasteiger partial charge in [0.25, 0.3) is 5.91 Å². The highest BCUT2D eigenvalue weighted by Gasteiger charge is 2.38. The zero-order valence-electron chi connectivity index (χ0n) is 13.5. The molecule has 0 aliphatic carbocycles. The standard InChI is InChI=1S/C17H18FN3O3/c1-10(2)6-14-16(22)21(17(23)20-14)8-13-9-24-15(19-13)11-4-3-5-12(18)7-11/h3-5,7,9-10,14H,6,8H2,1-2H3,(H,20,23). The number of nitrogens with one attached hydrogen (secondary N) is 1. The van der Waals surface area contributed by atoms with Crippen molar-refractivity contribution in [1.29, 1.82) is 0 Å². The summed E-state index contributed by atoms with van der Waals surface area (Å²) in [6.45, 7) is 4.01. The number of urea groups is 1. The van der Waals surface area contributed by atoms with Crippen LogP contribution in [0.15, 0.2) is 34.9 Å². The van der Waals surface area contributed by atoms with Crippen molar-refractivity contribution in [2.45, 2.75) is 32.9 Å². The molecule has 24 heavy (non-hydrogen) atoms. The average Bonchev–Trinajstić information content (AvgIpc) is 3.08. The third kappa shape index (κ3) is 3.29. The molecular weight excluding hydrogens is 313 g/mol. The van der Waals surface area contributed by atoms with Crippen LogP contribution >= 0.6 is 0 Å². The van der Waals surface area contributed by atoms with E-state index in [0.717, 1.165) is 4.90 Å². The van der Waals surface area contributed by atoms with Crippen LogP contribution in [0, 0.1) is 11.7 Å². The number of aromatic nitrogens is 1. The van der Waals surface area contributed by atoms with E-state index >= 15 is 0 Å². The lowest BCUT2D eigenvalue weighted by Crippen LogP contribution is -2.31. The molecular formula is C17H18FN3O3. The SMILES string of the molecule is CC(C)CC1NC(=O)N(Cc2coc(-c3cccc(F)c3)n2)C1=O. The Hall–Kier alpha value is -2.70. The molecule has 0 spiro atoms. The van der Waals surface area contributed by atoms with Gasteiger partial charge >= 0.3 is 6.03 Å². The van der Waals surface area contributed by atoms with Gasteiger partial charge in [0.1, 0.15) is 18.1 Å². The van der Waals surface area contributed by atoms with Gasteiger partial charge in [0, 0.05) is 5.56 Å². The van der Waals surface area contributed by atoms with Gasteiger partial charge in [0.05, 0.1) is 12.2 Å². The molecule has 2 aromatic rings. The molecule has 3 amide bonds. The van der Waals surface area contributed by atoms with Crippen LogP contribution in [0.4, 0.5) is 9.18 Å². The zero-order chi connectivity index (χ0) is 17.3. The Morgan fingerprint density at radius 1 is 1.38 bits per heavy atom. The van der Waals surface area contributed by atoms with Crippen LogP contribution in [0.2, 0.25) is 0 Å². The second-order valence-corrected chi connectivity index (χ2v) is 6.21. The first kappa shape index (κ1) is 16.2. The average molecular weight is 331 g/mol. The zero-order valence-corrected chi connectivity index (χ0v) is 13.5. The van der Waals surface area contributed by atoms with E-state index in [9.17, 15) is 14.0 Å². The smallest absolute Gasteiger partial charge is 0.325 e. The lowest BCUT2D eigenvalue weighted by atomic mass is 10.0. The molecule has 6 nitrogen and oxygen atoms in total. The summed E-state index contributed by atoms with van der Waals surface area (Å²) in [6.07, 6.45) is 1.96. The summed E-state index contributed by atoms with van der Waals surface area (Å²) >= 11 is 0. The van der Waals surface area contributed by atoms with Gasteiger partial charge in [-0.3, -0.25) is 9.69 Å². The topological polar surface area (TPSA) is 75.4 Å². The molecule has 1 saturated heterocycles. The first-order valence-electron chi connectivity index (χ1n) is 7.76. The predicted molar refractivity (Wildman–Crippen MR) is 84.2 cm³/mol. The first-order chi connectivity index (χ1) is 11.4. The number of rotatable bonds is 5. The second-order valence-electron chi connectivity index (χ2n) is 6.21. The van der Waals surface area contributed by atoms with Crippen LogP contribution in [0.5, 0.6) is 0 Å². The fourth-order valence-corrected chi connectivity index (χ4v) is 2.65. The maximum Gasteiger partial charge on any atom is 0.325 e. The van der Waals surface area contributed by atoms with Gasteiger partial charge in [0.15, 0.2) is 0 Å². The van der Waals surface area contributed by atoms with Crippen molar-refractivity contribution < 1.29 is 18.4 Å². The molecule has 1 aliphatic rings. The van der Waals surface area contributed by atoms with Crippen LogP contribution in [-0.4, -0.2) is 27.9 Å². The van der Waals surface area contributed by atoms with E-state index < -0.39 is 17.9 Å². The normalized spacial score (nSPS) is 17.7. The molecule has 1 aliphatic heterocycles. The molecule has 1 aromatic heterocycles. The van der Waals surface area contributed by atoms with E-state index in [0.29, 0.717) is 23.6 Å². The largest absolute Gasteiger partial charge is 0.444 e. The summed E-state index contributed by atoms with van der Waals surface area (Å²) in [5.41, 5.74) is 0.930. The predicted octanol–water partition coefficient (Wildman–Crippen LogP) is 2.95. The van der Waals surface area contributed by atoms with Gasteiger partial charge in [-0.15, -0.1) is 0 Å². The first-order valence-corrected chi connectivity index (χ1v) is 7.76. The van der Waals surface area contributed by atoms with E-state index in [2.05, 4.69) is 10.3 Å². The van der Waals surface area contributed by atoms with Crippen molar-refractivity contribution in [1.82, 2.24) is 15.2 Å². The summed E-state index contributed by atoms with van der Waals surface area (Å²) in [4.78, 5) is 29.7. The third-order valence-corrected chi connectivity index (χ3v) is 3.76. The van der Waals surface area contributed by atoms with Crippen LogP contribution in [-0.2, 0) is 11.3 Å². The van der Waals surface area contributed by atoms with Crippen molar-refractivity contribution in [3.05, 3.63) is 42.0 Å². The second kappa shape index (κ2) is 6.43. The van der Waals surface area contributed by atoms with E-state index in [1.54, 1.807) is 12.1 Å². The fraction of sp³-hybridized carbons (Fsp3) is 0.353. The maximum absolute atomic E-state index is 13.3. The minimum Gasteiger partial charge on any atom is -0.444 e. The number of nitrogens with zero attached hydrogens (tertiary/aromatic N) is 2. The summed E-state index contributed by atoms with van der Waals surface area (Å²) in [7, 11) is 0. The Balaban J connectivity index is 1.73. The molecule has 1 aromatic carbocycles. The Morgan fingerprint density at radius 2 is 2.17 bits per heavy atom. The quantitative estimate of drug-likeness (QED) is 0.855. The highest BCUT2D eigenvalue weighted by Crippen LogP contribution is 2.21. The van der Waals surface area contributed by atoms with Crippen LogP contribution in [0.25, 0.3) is 11.5 Å². The van der Waals surface area contributed by atoms with E-state index in [4.69, 9.17) is 4.42 Å². The number of hydrogen-bond acceptors (Lipinski definition) is 4. The Labute approximate surface area is 138 Å². The molecule has 1 atom stereocenters. The highest BCUT2D eigenvalue weighted by molar-refractivity contribution is 6.04. The van der Waals surface area contributed by atoms with E-state index in [1.807, 2.05) is 13.8 Å². The Morgan fingerprint density at radius 3 is 2.88 bits per heavy atom. The Kier molecular flexibility index (Phi) is 4.33. The van der Waals surface area contributed by atoms with Gasteiger partial charge in [0.2, 0.25) is 5.89 Å². The number of halogens is 1. The van der Waals surface area contributed by atoms with Crippen LogP contribution in [0.3, 0.4) is 0 Å². The molecule has 126 valence electrons. The number of benzene rings is 1. The van der Waals surface area contributed by atoms with Gasteiger partial charge in [-0.25, -0.2) is 14.2 Å². The lowest BCUT2D eigenvalue weighted by molar-refractivity contribution is -0.128. The summed E-state index contributed by atoms with van der Waals surface area (Å²) in [5.74, 6) is -0.108.